The Morgan fingerprint density at radius 2 is 1.30 bits per heavy atom. The van der Waals surface area contributed by atoms with E-state index in [1.807, 2.05) is 33.8 Å². The second kappa shape index (κ2) is 35.5. The molecule has 0 aromatic carbocycles. The zero-order valence-electron chi connectivity index (χ0n) is 64.2. The minimum Gasteiger partial charge on any atom is -0.381 e. The number of halogens is 3. The maximum atomic E-state index is 15.7. The molecule has 0 radical (unpaired) electrons. The summed E-state index contributed by atoms with van der Waals surface area (Å²) in [6.07, 6.45) is 4.93. The summed E-state index contributed by atoms with van der Waals surface area (Å²) >= 11 is 0. The minimum atomic E-state index is -4.51. The molecule has 7 aliphatic rings. The third-order valence-corrected chi connectivity index (χ3v) is 24.0. The van der Waals surface area contributed by atoms with Crippen molar-refractivity contribution >= 4 is 70.9 Å². The summed E-state index contributed by atoms with van der Waals surface area (Å²) in [7, 11) is 12.8. The fourth-order valence-corrected chi connectivity index (χ4v) is 17.6. The largest absolute Gasteiger partial charge is 0.394 e. The summed E-state index contributed by atoms with van der Waals surface area (Å²) in [5.41, 5.74) is -2.10. The van der Waals surface area contributed by atoms with Gasteiger partial charge in [0.2, 0.25) is 70.9 Å². The van der Waals surface area contributed by atoms with E-state index >= 15 is 28.8 Å². The van der Waals surface area contributed by atoms with Crippen LogP contribution in [0.25, 0.3) is 0 Å². The van der Waals surface area contributed by atoms with E-state index in [4.69, 9.17) is 4.74 Å². The Morgan fingerprint density at radius 3 is 1.89 bits per heavy atom. The van der Waals surface area contributed by atoms with Gasteiger partial charge in [0.15, 0.2) is 0 Å². The molecule has 3 heterocycles. The molecule has 4 saturated carbocycles. The Balaban J connectivity index is 1.31. The average molecular weight is 1460 g/mol. The lowest BCUT2D eigenvalue weighted by molar-refractivity contribution is -0.215. The molecule has 7 rings (SSSR count). The number of carbonyl (C=O) groups is 12. The molecule has 3 aliphatic heterocycles. The molecule has 0 aromatic heterocycles. The van der Waals surface area contributed by atoms with Crippen molar-refractivity contribution in [1.82, 2.24) is 60.0 Å². The zero-order valence-corrected chi connectivity index (χ0v) is 64.2. The Labute approximate surface area is 608 Å². The van der Waals surface area contributed by atoms with Gasteiger partial charge in [0, 0.05) is 76.6 Å². The smallest absolute Gasteiger partial charge is 0.381 e. The molecular formula is C75H121F3N12O13. The third-order valence-electron chi connectivity index (χ3n) is 24.0. The minimum absolute atomic E-state index is 0.00618. The number of carbonyl (C=O) groups excluding carboxylic acids is 12. The number of amides is 12. The summed E-state index contributed by atoms with van der Waals surface area (Å²) < 4.78 is 48.3. The summed E-state index contributed by atoms with van der Waals surface area (Å²) in [5, 5.41) is 8.87. The highest BCUT2D eigenvalue weighted by atomic mass is 19.4. The average Bonchev–Trinajstić information content (AvgIpc) is 1.33. The molecule has 2 saturated heterocycles. The lowest BCUT2D eigenvalue weighted by atomic mass is 9.58. The van der Waals surface area contributed by atoms with Crippen LogP contribution in [0, 0.1) is 46.8 Å². The molecule has 6 fully saturated rings. The molecular weight excluding hydrogens is 1330 g/mol. The van der Waals surface area contributed by atoms with Gasteiger partial charge in [-0.3, -0.25) is 57.5 Å². The van der Waals surface area contributed by atoms with Crippen LogP contribution in [0.3, 0.4) is 0 Å². The van der Waals surface area contributed by atoms with Crippen LogP contribution in [0.2, 0.25) is 0 Å². The van der Waals surface area contributed by atoms with Crippen LogP contribution < -0.4 is 16.0 Å². The van der Waals surface area contributed by atoms with Gasteiger partial charge in [-0.05, 0) is 131 Å². The second-order valence-corrected chi connectivity index (χ2v) is 32.7. The molecule has 25 nitrogen and oxygen atoms in total. The molecule has 3 N–H and O–H groups in total. The predicted molar refractivity (Wildman–Crippen MR) is 380 cm³/mol. The quantitative estimate of drug-likeness (QED) is 0.208. The lowest BCUT2D eigenvalue weighted by Crippen LogP contribution is -2.71. The highest BCUT2D eigenvalue weighted by Crippen LogP contribution is 2.50. The highest BCUT2D eigenvalue weighted by molar-refractivity contribution is 6.01. The van der Waals surface area contributed by atoms with E-state index in [1.165, 1.54) is 108 Å². The number of methoxy groups -OCH3 is 1. The zero-order chi connectivity index (χ0) is 76.5. The molecule has 3 unspecified atom stereocenters. The van der Waals surface area contributed by atoms with Crippen LogP contribution in [0.1, 0.15) is 190 Å². The summed E-state index contributed by atoms with van der Waals surface area (Å²) in [4.78, 5) is 192. The van der Waals surface area contributed by atoms with Crippen LogP contribution in [0.5, 0.6) is 0 Å². The SMILES string of the molecule is CC[C@H](C)[C@@H]1NC(=O)[C@H](CC)N(C)C(=O)C[C@@H](C(=O)N(C)C)N(C)C(=O)[C@H](C2CCCC2)N(C)C(=O)C2(CC(C)(C)C2)NC(=O)[C@@H]2C[C@@H](C)CN2C(=O)[C@H](CCC2CCC(C(F)(F)F)C(OC)C2)NC(=O)CN(C)C(=O)[C@H](CC2CCC(C)CC2)N2CC/C=C\C[C@@H](C2=O)N(C)C(=O)CN(C)C1=O. The van der Waals surface area contributed by atoms with Gasteiger partial charge in [-0.15, -0.1) is 0 Å². The van der Waals surface area contributed by atoms with Gasteiger partial charge in [0.25, 0.3) is 0 Å². The normalized spacial score (nSPS) is 32.5. The first-order valence-electron chi connectivity index (χ1n) is 37.8. The molecule has 1 spiro atoms. The molecule has 103 heavy (non-hydrogen) atoms. The van der Waals surface area contributed by atoms with Crippen LogP contribution >= 0.6 is 0 Å². The number of rotatable bonds is 11. The predicted octanol–water partition coefficient (Wildman–Crippen LogP) is 5.77. The molecule has 2 bridgehead atoms. The fourth-order valence-electron chi connectivity index (χ4n) is 17.6. The lowest BCUT2D eigenvalue weighted by Gasteiger charge is -2.54. The van der Waals surface area contributed by atoms with Crippen molar-refractivity contribution in [3.63, 3.8) is 0 Å². The topological polar surface area (TPSA) is 279 Å². The Morgan fingerprint density at radius 1 is 0.670 bits per heavy atom. The van der Waals surface area contributed by atoms with Crippen LogP contribution in [-0.2, 0) is 62.3 Å². The number of alkyl halides is 3. The van der Waals surface area contributed by atoms with Crippen molar-refractivity contribution in [2.24, 2.45) is 46.8 Å². The van der Waals surface area contributed by atoms with Crippen molar-refractivity contribution in [3.8, 4) is 0 Å². The first kappa shape index (κ1) is 83.4. The number of nitrogens with one attached hydrogen (secondary N) is 3. The molecule has 4 aliphatic carbocycles. The first-order chi connectivity index (χ1) is 48.3. The number of ether oxygens (including phenoxy) is 1. The van der Waals surface area contributed by atoms with Gasteiger partial charge in [0.05, 0.1) is 31.5 Å². The fraction of sp³-hybridized carbons (Fsp3) is 0.813. The van der Waals surface area contributed by atoms with Gasteiger partial charge >= 0.3 is 6.18 Å². The molecule has 28 heteroatoms. The number of nitrogens with zero attached hydrogens (tertiary/aromatic N) is 9. The van der Waals surface area contributed by atoms with Gasteiger partial charge in [-0.1, -0.05) is 106 Å². The Hall–Kier alpha value is -6.87. The Kier molecular flexibility index (Phi) is 28.7. The number of fused-ring (bicyclic) bond motifs is 3. The van der Waals surface area contributed by atoms with Crippen molar-refractivity contribution in [2.45, 2.75) is 256 Å². The summed E-state index contributed by atoms with van der Waals surface area (Å²) in [6.45, 7) is 12.2. The van der Waals surface area contributed by atoms with E-state index < -0.39 is 180 Å². The molecule has 580 valence electrons. The number of hydrogen-bond donors (Lipinski definition) is 3. The van der Waals surface area contributed by atoms with Gasteiger partial charge < -0.3 is 64.8 Å². The highest BCUT2D eigenvalue weighted by Gasteiger charge is 2.59. The van der Waals surface area contributed by atoms with Crippen LogP contribution in [0.4, 0.5) is 13.2 Å². The molecule has 13 atom stereocenters. The monoisotopic (exact) mass is 1450 g/mol. The van der Waals surface area contributed by atoms with Crippen molar-refractivity contribution in [2.75, 3.05) is 89.7 Å². The Bertz CT molecular complexity index is 3090. The number of hydrogen-bond acceptors (Lipinski definition) is 13. The first-order valence-corrected chi connectivity index (χ1v) is 37.8. The van der Waals surface area contributed by atoms with Gasteiger partial charge in [0.1, 0.15) is 53.9 Å². The van der Waals surface area contributed by atoms with Crippen LogP contribution in [0.15, 0.2) is 12.2 Å². The molecule has 0 aromatic rings. The van der Waals surface area contributed by atoms with E-state index in [2.05, 4.69) is 22.9 Å². The number of likely N-dealkylation sites (N-methyl/N-ethyl adjacent to an activating group) is 7. The van der Waals surface area contributed by atoms with Crippen molar-refractivity contribution in [1.29, 1.82) is 0 Å². The second-order valence-electron chi connectivity index (χ2n) is 32.7. The standard InChI is InChI=1S/C75H121F3N12O13/c1-17-47(5)62-70(100)84(11)42-61(93)86(13)54-26-20-19-23-35-89(69(54)99)57(37-48-29-27-45(3)28-30-48)68(98)83(10)41-59(91)79-52(34-32-49-31-33-51(75(76,77)78)58(38-49)103-16)66(96)90-40-46(4)36-55(90)65(95)81-74(43-73(6,7)44-74)72(102)88(15)63(50-24-21-22-25-50)71(101)87(14)56(67(97)82(8)9)39-60(92)85(12)53(18-2)64(94)80-62/h19-20,45-58,62-63H,17-18,21-44H2,1-16H3,(H,79,91)(H,80,94)(H,81,95)/b20-19-/t45?,46-,47+,48?,49?,51?,52+,53+,54+,55+,56+,57+,58?,62+,63+/m1/s1. The third kappa shape index (κ3) is 20.0. The van der Waals surface area contributed by atoms with Crippen molar-refractivity contribution in [3.05, 3.63) is 12.2 Å². The summed E-state index contributed by atoms with van der Waals surface area (Å²) in [5.74, 6) is -10.4. The maximum absolute atomic E-state index is 15.7. The van der Waals surface area contributed by atoms with E-state index in [0.717, 1.165) is 38.5 Å². The van der Waals surface area contributed by atoms with Gasteiger partial charge in [-0.2, -0.15) is 13.2 Å². The summed E-state index contributed by atoms with van der Waals surface area (Å²) in [6, 6.07) is -9.85. The van der Waals surface area contributed by atoms with E-state index in [9.17, 15) is 41.9 Å². The van der Waals surface area contributed by atoms with E-state index in [1.54, 1.807) is 19.9 Å². The van der Waals surface area contributed by atoms with Crippen LogP contribution in [-0.4, -0.2) is 271 Å². The maximum Gasteiger partial charge on any atom is 0.394 e. The van der Waals surface area contributed by atoms with E-state index in [-0.39, 0.29) is 101 Å². The molecule has 12 amide bonds. The van der Waals surface area contributed by atoms with E-state index in [0.29, 0.717) is 31.6 Å². The van der Waals surface area contributed by atoms with Crippen molar-refractivity contribution < 1.29 is 75.4 Å². The van der Waals surface area contributed by atoms with Gasteiger partial charge in [-0.25, -0.2) is 0 Å².